The highest BCUT2D eigenvalue weighted by Gasteiger charge is 2.27. The molecule has 1 aromatic heterocycles. The number of anilines is 1. The predicted molar refractivity (Wildman–Crippen MR) is 77.5 cm³/mol. The molecule has 0 bridgehead atoms. The van der Waals surface area contributed by atoms with Crippen LogP contribution in [0, 0.1) is 0 Å². The normalized spacial score (nSPS) is 23.0. The van der Waals surface area contributed by atoms with E-state index in [2.05, 4.69) is 27.0 Å². The van der Waals surface area contributed by atoms with Gasteiger partial charge in [0, 0.05) is 24.2 Å². The van der Waals surface area contributed by atoms with Crippen molar-refractivity contribution >= 4 is 5.95 Å². The van der Waals surface area contributed by atoms with Gasteiger partial charge in [0.15, 0.2) is 5.82 Å². The lowest BCUT2D eigenvalue weighted by Gasteiger charge is -2.36. The summed E-state index contributed by atoms with van der Waals surface area (Å²) in [6, 6.07) is 7.30. The molecule has 1 aliphatic rings. The topological polar surface area (TPSA) is 91.1 Å². The van der Waals surface area contributed by atoms with Crippen molar-refractivity contribution in [2.45, 2.75) is 31.8 Å². The molecule has 0 amide bonds. The Kier molecular flexibility index (Phi) is 3.31. The fourth-order valence-electron chi connectivity index (χ4n) is 2.59. The van der Waals surface area contributed by atoms with E-state index in [4.69, 9.17) is 5.73 Å². The highest BCUT2D eigenvalue weighted by atomic mass is 16.3. The molecule has 1 saturated heterocycles. The summed E-state index contributed by atoms with van der Waals surface area (Å²) in [6.07, 6.45) is 2.11. The number of aromatic amines is 1. The maximum Gasteiger partial charge on any atom is 0.245 e. The molecule has 106 valence electrons. The first-order chi connectivity index (χ1) is 9.65. The fraction of sp³-hybridized carbons (Fsp3) is 0.429. The van der Waals surface area contributed by atoms with Gasteiger partial charge in [-0.2, -0.15) is 4.98 Å². The average molecular weight is 273 g/mol. The smallest absolute Gasteiger partial charge is 0.245 e. The molecule has 0 spiro atoms. The molecule has 2 aromatic rings. The number of aromatic nitrogens is 3. The minimum absolute atomic E-state index is 0.166. The van der Waals surface area contributed by atoms with E-state index in [1.807, 2.05) is 12.1 Å². The SMILES string of the molecule is CC1C(N)CCCN1c1n[nH]c(-c2ccc(O)cc2)n1. The Morgan fingerprint density at radius 3 is 2.85 bits per heavy atom. The second-order valence-electron chi connectivity index (χ2n) is 5.27. The number of hydrogen-bond donors (Lipinski definition) is 3. The zero-order chi connectivity index (χ0) is 14.1. The third-order valence-electron chi connectivity index (χ3n) is 3.92. The fourth-order valence-corrected chi connectivity index (χ4v) is 2.59. The summed E-state index contributed by atoms with van der Waals surface area (Å²) in [6.45, 7) is 3.04. The molecular formula is C14H19N5O. The Morgan fingerprint density at radius 2 is 2.10 bits per heavy atom. The number of nitrogens with one attached hydrogen (secondary N) is 1. The third-order valence-corrected chi connectivity index (χ3v) is 3.92. The van der Waals surface area contributed by atoms with Gasteiger partial charge in [0.25, 0.3) is 0 Å². The molecule has 1 aliphatic heterocycles. The molecule has 2 unspecified atom stereocenters. The minimum atomic E-state index is 0.166. The zero-order valence-corrected chi connectivity index (χ0v) is 11.5. The lowest BCUT2D eigenvalue weighted by Crippen LogP contribution is -2.50. The number of hydrogen-bond acceptors (Lipinski definition) is 5. The van der Waals surface area contributed by atoms with Crippen LogP contribution in [-0.2, 0) is 0 Å². The molecule has 4 N–H and O–H groups in total. The number of phenolic OH excluding ortho intramolecular Hbond substituents is 1. The van der Waals surface area contributed by atoms with Crippen LogP contribution in [0.4, 0.5) is 5.95 Å². The van der Waals surface area contributed by atoms with Crippen molar-refractivity contribution in [3.8, 4) is 17.1 Å². The van der Waals surface area contributed by atoms with Crippen LogP contribution < -0.4 is 10.6 Å². The van der Waals surface area contributed by atoms with Crippen molar-refractivity contribution in [2.24, 2.45) is 5.73 Å². The molecule has 2 heterocycles. The van der Waals surface area contributed by atoms with Gasteiger partial charge >= 0.3 is 0 Å². The first-order valence-corrected chi connectivity index (χ1v) is 6.89. The second kappa shape index (κ2) is 5.13. The van der Waals surface area contributed by atoms with Crippen LogP contribution in [0.5, 0.6) is 5.75 Å². The summed E-state index contributed by atoms with van der Waals surface area (Å²) in [5.74, 6) is 1.63. The van der Waals surface area contributed by atoms with E-state index in [9.17, 15) is 5.11 Å². The monoisotopic (exact) mass is 273 g/mol. The standard InChI is InChI=1S/C14H19N5O/c1-9-12(15)3-2-8-19(9)14-16-13(17-18-14)10-4-6-11(20)7-5-10/h4-7,9,12,20H,2-3,8,15H2,1H3,(H,16,17,18). The van der Waals surface area contributed by atoms with Gasteiger partial charge in [-0.25, -0.2) is 0 Å². The van der Waals surface area contributed by atoms with E-state index >= 15 is 0 Å². The first-order valence-electron chi connectivity index (χ1n) is 6.89. The largest absolute Gasteiger partial charge is 0.508 e. The van der Waals surface area contributed by atoms with E-state index < -0.39 is 0 Å². The average Bonchev–Trinajstić information content (AvgIpc) is 2.92. The van der Waals surface area contributed by atoms with Crippen molar-refractivity contribution in [3.05, 3.63) is 24.3 Å². The molecular weight excluding hydrogens is 254 g/mol. The Bertz CT molecular complexity index is 580. The van der Waals surface area contributed by atoms with E-state index in [1.54, 1.807) is 12.1 Å². The molecule has 6 heteroatoms. The van der Waals surface area contributed by atoms with E-state index in [0.717, 1.165) is 24.9 Å². The van der Waals surface area contributed by atoms with Crippen LogP contribution in [0.1, 0.15) is 19.8 Å². The van der Waals surface area contributed by atoms with Gasteiger partial charge in [-0.15, -0.1) is 5.10 Å². The molecule has 6 nitrogen and oxygen atoms in total. The summed E-state index contributed by atoms with van der Waals surface area (Å²) >= 11 is 0. The number of piperidine rings is 1. The summed E-state index contributed by atoms with van der Waals surface area (Å²) in [5, 5.41) is 16.6. The van der Waals surface area contributed by atoms with Gasteiger partial charge < -0.3 is 15.7 Å². The van der Waals surface area contributed by atoms with E-state index in [0.29, 0.717) is 11.8 Å². The molecule has 1 aromatic carbocycles. The Hall–Kier alpha value is -2.08. The summed E-state index contributed by atoms with van der Waals surface area (Å²) < 4.78 is 0. The number of H-pyrrole nitrogens is 1. The van der Waals surface area contributed by atoms with Gasteiger partial charge in [-0.05, 0) is 44.0 Å². The molecule has 0 saturated carbocycles. The van der Waals surface area contributed by atoms with Crippen LogP contribution in [0.3, 0.4) is 0 Å². The van der Waals surface area contributed by atoms with Gasteiger partial charge in [0.1, 0.15) is 5.75 Å². The summed E-state index contributed by atoms with van der Waals surface area (Å²) in [5.41, 5.74) is 7.00. The lowest BCUT2D eigenvalue weighted by molar-refractivity contribution is 0.416. The van der Waals surface area contributed by atoms with Crippen LogP contribution in [0.25, 0.3) is 11.4 Å². The van der Waals surface area contributed by atoms with E-state index in [-0.39, 0.29) is 17.8 Å². The van der Waals surface area contributed by atoms with Gasteiger partial charge in [0.2, 0.25) is 5.95 Å². The maximum absolute atomic E-state index is 9.31. The Balaban J connectivity index is 1.84. The zero-order valence-electron chi connectivity index (χ0n) is 11.5. The number of benzene rings is 1. The third kappa shape index (κ3) is 2.34. The highest BCUT2D eigenvalue weighted by molar-refractivity contribution is 5.57. The predicted octanol–water partition coefficient (Wildman–Crippen LogP) is 1.49. The van der Waals surface area contributed by atoms with Crippen molar-refractivity contribution < 1.29 is 5.11 Å². The van der Waals surface area contributed by atoms with Crippen LogP contribution >= 0.6 is 0 Å². The van der Waals surface area contributed by atoms with Gasteiger partial charge in [0.05, 0.1) is 0 Å². The van der Waals surface area contributed by atoms with Gasteiger partial charge in [-0.3, -0.25) is 5.10 Å². The second-order valence-corrected chi connectivity index (χ2v) is 5.27. The van der Waals surface area contributed by atoms with E-state index in [1.165, 1.54) is 0 Å². The summed E-state index contributed by atoms with van der Waals surface area (Å²) in [4.78, 5) is 6.69. The quantitative estimate of drug-likeness (QED) is 0.771. The van der Waals surface area contributed by atoms with Crippen LogP contribution in [0.15, 0.2) is 24.3 Å². The number of rotatable bonds is 2. The highest BCUT2D eigenvalue weighted by Crippen LogP contribution is 2.24. The van der Waals surface area contributed by atoms with Crippen molar-refractivity contribution in [3.63, 3.8) is 0 Å². The van der Waals surface area contributed by atoms with Gasteiger partial charge in [-0.1, -0.05) is 0 Å². The number of nitrogens with zero attached hydrogens (tertiary/aromatic N) is 3. The summed E-state index contributed by atoms with van der Waals surface area (Å²) in [7, 11) is 0. The molecule has 3 rings (SSSR count). The Morgan fingerprint density at radius 1 is 1.35 bits per heavy atom. The molecule has 1 fully saturated rings. The van der Waals surface area contributed by atoms with Crippen LogP contribution in [0.2, 0.25) is 0 Å². The maximum atomic E-state index is 9.31. The van der Waals surface area contributed by atoms with Crippen molar-refractivity contribution in [1.29, 1.82) is 0 Å². The molecule has 0 aliphatic carbocycles. The lowest BCUT2D eigenvalue weighted by atomic mass is 9.99. The number of aromatic hydroxyl groups is 1. The molecule has 20 heavy (non-hydrogen) atoms. The number of phenols is 1. The van der Waals surface area contributed by atoms with Crippen molar-refractivity contribution in [1.82, 2.24) is 15.2 Å². The Labute approximate surface area is 117 Å². The van der Waals surface area contributed by atoms with Crippen LogP contribution in [-0.4, -0.2) is 38.9 Å². The minimum Gasteiger partial charge on any atom is -0.508 e. The molecule has 0 radical (unpaired) electrons. The molecule has 2 atom stereocenters. The first kappa shape index (κ1) is 12.9. The van der Waals surface area contributed by atoms with Crippen molar-refractivity contribution in [2.75, 3.05) is 11.4 Å². The number of nitrogens with two attached hydrogens (primary N) is 1.